The lowest BCUT2D eigenvalue weighted by molar-refractivity contribution is 0.0690. The summed E-state index contributed by atoms with van der Waals surface area (Å²) in [5, 5.41) is 15.9. The first-order chi connectivity index (χ1) is 9.15. The summed E-state index contributed by atoms with van der Waals surface area (Å²) in [5.41, 5.74) is -0.121. The summed E-state index contributed by atoms with van der Waals surface area (Å²) in [6.45, 7) is 0.857. The largest absolute Gasteiger partial charge is 0.476 e. The molecule has 1 aliphatic carbocycles. The number of hydrogen-bond donors (Lipinski definition) is 1. The van der Waals surface area contributed by atoms with Gasteiger partial charge in [-0.15, -0.1) is 5.10 Å². The van der Waals surface area contributed by atoms with E-state index in [9.17, 15) is 9.59 Å². The molecule has 1 saturated carbocycles. The van der Waals surface area contributed by atoms with Crippen LogP contribution in [0.3, 0.4) is 0 Å². The molecule has 0 bridgehead atoms. The van der Waals surface area contributed by atoms with E-state index in [1.54, 1.807) is 21.5 Å². The smallest absolute Gasteiger partial charge is 0.358 e. The van der Waals surface area contributed by atoms with Crippen molar-refractivity contribution in [3.05, 3.63) is 34.8 Å². The minimum Gasteiger partial charge on any atom is -0.476 e. The highest BCUT2D eigenvalue weighted by atomic mass is 16.4. The molecule has 1 aliphatic rings. The minimum atomic E-state index is -1.11. The number of aromatic nitrogens is 5. The van der Waals surface area contributed by atoms with Gasteiger partial charge in [0.25, 0.3) is 0 Å². The van der Waals surface area contributed by atoms with Crippen molar-refractivity contribution in [2.24, 2.45) is 0 Å². The van der Waals surface area contributed by atoms with E-state index in [-0.39, 0.29) is 11.4 Å². The molecule has 3 rings (SSSR count). The van der Waals surface area contributed by atoms with Gasteiger partial charge < -0.3 is 5.11 Å². The monoisotopic (exact) mass is 263 g/mol. The first-order valence-electron chi connectivity index (χ1n) is 6.06. The molecular formula is C11H13N5O3. The fourth-order valence-corrected chi connectivity index (χ4v) is 1.94. The van der Waals surface area contributed by atoms with Crippen LogP contribution in [0.5, 0.6) is 0 Å². The molecule has 0 atom stereocenters. The molecule has 8 nitrogen and oxygen atoms in total. The molecule has 0 amide bonds. The van der Waals surface area contributed by atoms with Crippen molar-refractivity contribution in [3.8, 4) is 0 Å². The molecule has 0 saturated heterocycles. The molecule has 100 valence electrons. The van der Waals surface area contributed by atoms with E-state index < -0.39 is 5.97 Å². The maximum Gasteiger partial charge on any atom is 0.358 e. The summed E-state index contributed by atoms with van der Waals surface area (Å²) >= 11 is 0. The van der Waals surface area contributed by atoms with Gasteiger partial charge in [0, 0.05) is 25.0 Å². The second-order valence-corrected chi connectivity index (χ2v) is 4.58. The number of aromatic carboxylic acids is 1. The van der Waals surface area contributed by atoms with Crippen LogP contribution in [0.15, 0.2) is 23.4 Å². The van der Waals surface area contributed by atoms with Crippen molar-refractivity contribution < 1.29 is 9.90 Å². The third-order valence-corrected chi connectivity index (χ3v) is 3.14. The van der Waals surface area contributed by atoms with Gasteiger partial charge in [-0.1, -0.05) is 5.21 Å². The van der Waals surface area contributed by atoms with Crippen LogP contribution in [-0.2, 0) is 13.1 Å². The Morgan fingerprint density at radius 1 is 1.37 bits per heavy atom. The van der Waals surface area contributed by atoms with Crippen LogP contribution < -0.4 is 5.69 Å². The zero-order chi connectivity index (χ0) is 13.4. The van der Waals surface area contributed by atoms with E-state index in [0.29, 0.717) is 19.1 Å². The molecule has 2 aromatic heterocycles. The number of imidazole rings is 1. The predicted molar refractivity (Wildman–Crippen MR) is 63.9 cm³/mol. The Balaban J connectivity index is 1.68. The number of aryl methyl sites for hydroxylation is 2. The van der Waals surface area contributed by atoms with Crippen LogP contribution in [-0.4, -0.2) is 35.2 Å². The van der Waals surface area contributed by atoms with Gasteiger partial charge in [-0.05, 0) is 12.8 Å². The topological polar surface area (TPSA) is 94.9 Å². The number of carboxylic acids is 1. The predicted octanol–water partition coefficient (Wildman–Crippen LogP) is -0.0254. The summed E-state index contributed by atoms with van der Waals surface area (Å²) in [6.07, 6.45) is 7.02. The lowest BCUT2D eigenvalue weighted by atomic mass is 10.5. The lowest BCUT2D eigenvalue weighted by Gasteiger charge is -2.01. The highest BCUT2D eigenvalue weighted by molar-refractivity contribution is 5.84. The molecular weight excluding hydrogens is 250 g/mol. The SMILES string of the molecule is O=C(O)c1cn(CCn2ccn(C3CC3)c2=O)nn1. The third-order valence-electron chi connectivity index (χ3n) is 3.14. The molecule has 2 heterocycles. The molecule has 1 fully saturated rings. The molecule has 0 aromatic carbocycles. The van der Waals surface area contributed by atoms with Crippen LogP contribution in [0, 0.1) is 0 Å². The zero-order valence-corrected chi connectivity index (χ0v) is 10.1. The van der Waals surface area contributed by atoms with Gasteiger partial charge >= 0.3 is 11.7 Å². The highest BCUT2D eigenvalue weighted by Crippen LogP contribution is 2.33. The fourth-order valence-electron chi connectivity index (χ4n) is 1.94. The summed E-state index contributed by atoms with van der Waals surface area (Å²) < 4.78 is 4.76. The summed E-state index contributed by atoms with van der Waals surface area (Å²) in [4.78, 5) is 22.6. The summed E-state index contributed by atoms with van der Waals surface area (Å²) in [5.74, 6) is -1.11. The van der Waals surface area contributed by atoms with Gasteiger partial charge in [-0.3, -0.25) is 9.13 Å². The van der Waals surface area contributed by atoms with Crippen molar-refractivity contribution in [1.29, 1.82) is 0 Å². The average molecular weight is 263 g/mol. The third kappa shape index (κ3) is 2.28. The van der Waals surface area contributed by atoms with Crippen LogP contribution in [0.1, 0.15) is 29.4 Å². The lowest BCUT2D eigenvalue weighted by Crippen LogP contribution is -2.25. The molecule has 0 radical (unpaired) electrons. The van der Waals surface area contributed by atoms with Gasteiger partial charge in [-0.25, -0.2) is 14.3 Å². The Morgan fingerprint density at radius 3 is 2.79 bits per heavy atom. The van der Waals surface area contributed by atoms with E-state index in [4.69, 9.17) is 5.11 Å². The molecule has 8 heteroatoms. The summed E-state index contributed by atoms with van der Waals surface area (Å²) in [6, 6.07) is 0.360. The maximum atomic E-state index is 12.0. The number of hydrogen-bond acceptors (Lipinski definition) is 4. The van der Waals surface area contributed by atoms with Gasteiger partial charge in [0.15, 0.2) is 5.69 Å². The second kappa shape index (κ2) is 4.38. The molecule has 2 aromatic rings. The van der Waals surface area contributed by atoms with Gasteiger partial charge in [0.1, 0.15) is 0 Å². The van der Waals surface area contributed by atoms with Crippen LogP contribution >= 0.6 is 0 Å². The molecule has 0 spiro atoms. The van der Waals surface area contributed by atoms with Crippen LogP contribution in [0.25, 0.3) is 0 Å². The Kier molecular flexibility index (Phi) is 2.69. The maximum absolute atomic E-state index is 12.0. The Labute approximate surface area is 107 Å². The molecule has 0 aliphatic heterocycles. The Morgan fingerprint density at radius 2 is 2.16 bits per heavy atom. The van der Waals surface area contributed by atoms with E-state index in [2.05, 4.69) is 10.3 Å². The van der Waals surface area contributed by atoms with Crippen molar-refractivity contribution in [3.63, 3.8) is 0 Å². The van der Waals surface area contributed by atoms with Gasteiger partial charge in [0.2, 0.25) is 0 Å². The number of carbonyl (C=O) groups is 1. The van der Waals surface area contributed by atoms with E-state index >= 15 is 0 Å². The van der Waals surface area contributed by atoms with Crippen molar-refractivity contribution in [2.75, 3.05) is 0 Å². The van der Waals surface area contributed by atoms with E-state index in [0.717, 1.165) is 12.8 Å². The quantitative estimate of drug-likeness (QED) is 0.817. The Bertz CT molecular complexity index is 664. The minimum absolute atomic E-state index is 0.0268. The highest BCUT2D eigenvalue weighted by Gasteiger charge is 2.25. The number of rotatable bonds is 5. The van der Waals surface area contributed by atoms with Crippen molar-refractivity contribution >= 4 is 5.97 Å². The summed E-state index contributed by atoms with van der Waals surface area (Å²) in [7, 11) is 0. The van der Waals surface area contributed by atoms with Gasteiger partial charge in [-0.2, -0.15) is 0 Å². The average Bonchev–Trinajstić information content (AvgIpc) is 2.99. The standard InChI is InChI=1S/C11H13N5O3/c17-10(18)9-7-15(13-12-9)5-3-14-4-6-16(11(14)19)8-1-2-8/h4,6-8H,1-3,5H2,(H,17,18). The first kappa shape index (κ1) is 11.7. The first-order valence-corrected chi connectivity index (χ1v) is 6.06. The molecule has 0 unspecified atom stereocenters. The van der Waals surface area contributed by atoms with Crippen LogP contribution in [0.2, 0.25) is 0 Å². The zero-order valence-electron chi connectivity index (χ0n) is 10.1. The van der Waals surface area contributed by atoms with E-state index in [1.807, 2.05) is 0 Å². The molecule has 19 heavy (non-hydrogen) atoms. The van der Waals surface area contributed by atoms with Crippen molar-refractivity contribution in [2.45, 2.75) is 32.0 Å². The second-order valence-electron chi connectivity index (χ2n) is 4.58. The normalized spacial score (nSPS) is 14.7. The van der Waals surface area contributed by atoms with E-state index in [1.165, 1.54) is 10.9 Å². The molecule has 1 N–H and O–H groups in total. The number of carboxylic acid groups (broad SMARTS) is 1. The number of nitrogens with zero attached hydrogens (tertiary/aromatic N) is 5. The van der Waals surface area contributed by atoms with Gasteiger partial charge in [0.05, 0.1) is 12.7 Å². The Hall–Kier alpha value is -2.38. The fraction of sp³-hybridized carbons (Fsp3) is 0.455. The van der Waals surface area contributed by atoms with Crippen molar-refractivity contribution in [1.82, 2.24) is 24.1 Å². The van der Waals surface area contributed by atoms with Crippen LogP contribution in [0.4, 0.5) is 0 Å².